The molecule has 2 heteroatoms. The monoisotopic (exact) mass is 976 g/mol. The van der Waals surface area contributed by atoms with Crippen LogP contribution >= 0.6 is 0 Å². The van der Waals surface area contributed by atoms with E-state index in [0.717, 1.165) is 11.4 Å². The molecule has 0 bridgehead atoms. The molecule has 366 valence electrons. The summed E-state index contributed by atoms with van der Waals surface area (Å²) in [6, 6.07) is 83.3. The van der Waals surface area contributed by atoms with E-state index in [1.165, 1.54) is 133 Å². The first-order chi connectivity index (χ1) is 36.7. The van der Waals surface area contributed by atoms with Gasteiger partial charge in [-0.05, 0) is 171 Å². The molecule has 11 aromatic carbocycles. The molecule has 0 spiro atoms. The lowest BCUT2D eigenvalue weighted by atomic mass is 9.71. The first-order valence-electron chi connectivity index (χ1n) is 27.3. The van der Waals surface area contributed by atoms with Crippen molar-refractivity contribution in [1.29, 1.82) is 0 Å². The quantitative estimate of drug-likeness (QED) is 0.162. The molecule has 4 aliphatic rings. The van der Waals surface area contributed by atoms with Crippen LogP contribution in [-0.2, 0) is 21.7 Å². The predicted octanol–water partition coefficient (Wildman–Crippen LogP) is 20.2. The van der Waals surface area contributed by atoms with Gasteiger partial charge < -0.3 is 9.80 Å². The lowest BCUT2D eigenvalue weighted by Gasteiger charge is -2.43. The molecule has 0 unspecified atom stereocenters. The van der Waals surface area contributed by atoms with Crippen LogP contribution in [-0.4, -0.2) is 0 Å². The third-order valence-electron chi connectivity index (χ3n) is 18.6. The highest BCUT2D eigenvalue weighted by Crippen LogP contribution is 2.61. The van der Waals surface area contributed by atoms with Crippen molar-refractivity contribution in [3.05, 3.63) is 263 Å². The summed E-state index contributed by atoms with van der Waals surface area (Å²) in [6.45, 7) is 19.2. The van der Waals surface area contributed by atoms with Crippen molar-refractivity contribution in [1.82, 2.24) is 0 Å². The van der Waals surface area contributed by atoms with Gasteiger partial charge in [0.1, 0.15) is 0 Å². The van der Waals surface area contributed by atoms with Crippen LogP contribution in [0, 0.1) is 0 Å². The van der Waals surface area contributed by atoms with Crippen molar-refractivity contribution < 1.29 is 0 Å². The van der Waals surface area contributed by atoms with Crippen molar-refractivity contribution in [3.8, 4) is 44.5 Å². The van der Waals surface area contributed by atoms with Gasteiger partial charge >= 0.3 is 0 Å². The number of anilines is 6. The van der Waals surface area contributed by atoms with Crippen molar-refractivity contribution in [2.75, 3.05) is 9.80 Å². The minimum absolute atomic E-state index is 0.142. The number of rotatable bonds is 4. The molecule has 11 aromatic rings. The summed E-state index contributed by atoms with van der Waals surface area (Å²) >= 11 is 0. The molecule has 0 amide bonds. The lowest BCUT2D eigenvalue weighted by Crippen LogP contribution is -2.31. The van der Waals surface area contributed by atoms with Gasteiger partial charge in [0.25, 0.3) is 0 Å². The second-order valence-corrected chi connectivity index (χ2v) is 24.1. The Morgan fingerprint density at radius 3 is 0.987 bits per heavy atom. The average molecular weight is 977 g/mol. The molecule has 2 aliphatic heterocycles. The maximum Gasteiger partial charge on any atom is 0.0506 e. The van der Waals surface area contributed by atoms with E-state index >= 15 is 0 Å². The van der Waals surface area contributed by atoms with E-state index in [2.05, 4.69) is 284 Å². The topological polar surface area (TPSA) is 6.48 Å². The average Bonchev–Trinajstić information content (AvgIpc) is 3.81. The molecule has 0 fully saturated rings. The summed E-state index contributed by atoms with van der Waals surface area (Å²) in [5, 5.41) is 4.92. The van der Waals surface area contributed by atoms with Crippen LogP contribution in [0.25, 0.3) is 66.1 Å². The molecule has 0 atom stereocenters. The second-order valence-electron chi connectivity index (χ2n) is 24.1. The van der Waals surface area contributed by atoms with Gasteiger partial charge in [0.15, 0.2) is 0 Å². The van der Waals surface area contributed by atoms with Gasteiger partial charge in [-0.2, -0.15) is 0 Å². The zero-order chi connectivity index (χ0) is 51.6. The van der Waals surface area contributed by atoms with E-state index in [4.69, 9.17) is 0 Å². The first kappa shape index (κ1) is 45.0. The largest absolute Gasteiger partial charge is 0.310 e. The van der Waals surface area contributed by atoms with Gasteiger partial charge in [-0.3, -0.25) is 0 Å². The van der Waals surface area contributed by atoms with Crippen LogP contribution in [0.3, 0.4) is 0 Å². The molecule has 0 saturated carbocycles. The SMILES string of the molecule is CC1(C)c2ccccc2-c2cc3c(cc21)N(c1ccc2c(-c4ccccc4)c4cc(N5c6ccccc6C(C)(C)c6cc7c(cc65)C(C)(C)c5ccccc5-7)ccc4c(-c4ccccc4)c2c1)c1ccccc1C3(C)C. The van der Waals surface area contributed by atoms with Crippen molar-refractivity contribution in [3.63, 3.8) is 0 Å². The van der Waals surface area contributed by atoms with Crippen molar-refractivity contribution >= 4 is 55.7 Å². The fourth-order valence-electron chi connectivity index (χ4n) is 14.7. The minimum Gasteiger partial charge on any atom is -0.310 e. The highest BCUT2D eigenvalue weighted by Gasteiger charge is 2.44. The molecule has 0 radical (unpaired) electrons. The maximum absolute atomic E-state index is 2.57. The Morgan fingerprint density at radius 1 is 0.237 bits per heavy atom. The van der Waals surface area contributed by atoms with Crippen molar-refractivity contribution in [2.45, 2.75) is 77.0 Å². The zero-order valence-electron chi connectivity index (χ0n) is 44.7. The van der Waals surface area contributed by atoms with Crippen LogP contribution < -0.4 is 9.80 Å². The number of hydrogen-bond donors (Lipinski definition) is 0. The lowest BCUT2D eigenvalue weighted by molar-refractivity contribution is 0.627. The van der Waals surface area contributed by atoms with E-state index in [1.807, 2.05) is 0 Å². The highest BCUT2D eigenvalue weighted by atomic mass is 15.2. The summed E-state index contributed by atoms with van der Waals surface area (Å²) in [4.78, 5) is 5.14. The molecule has 0 N–H and O–H groups in total. The third-order valence-corrected chi connectivity index (χ3v) is 18.6. The van der Waals surface area contributed by atoms with Gasteiger partial charge in [-0.1, -0.05) is 213 Å². The number of nitrogens with zero attached hydrogens (tertiary/aromatic N) is 2. The van der Waals surface area contributed by atoms with Gasteiger partial charge in [0, 0.05) is 33.0 Å². The summed E-state index contributed by atoms with van der Waals surface area (Å²) < 4.78 is 0. The van der Waals surface area contributed by atoms with E-state index in [0.29, 0.717) is 0 Å². The van der Waals surface area contributed by atoms with Gasteiger partial charge in [-0.25, -0.2) is 0 Å². The Bertz CT molecular complexity index is 4010. The highest BCUT2D eigenvalue weighted by molar-refractivity contribution is 6.23. The Morgan fingerprint density at radius 2 is 0.579 bits per heavy atom. The van der Waals surface area contributed by atoms with Crippen LogP contribution in [0.15, 0.2) is 218 Å². The Labute approximate surface area is 447 Å². The molecule has 15 rings (SSSR count). The summed E-state index contributed by atoms with van der Waals surface area (Å²) in [7, 11) is 0. The Kier molecular flexibility index (Phi) is 9.21. The molecule has 2 aliphatic carbocycles. The number of para-hydroxylation sites is 2. The maximum atomic E-state index is 2.57. The first-order valence-corrected chi connectivity index (χ1v) is 27.3. The second kappa shape index (κ2) is 15.6. The molecule has 0 aromatic heterocycles. The van der Waals surface area contributed by atoms with Crippen LogP contribution in [0.1, 0.15) is 99.9 Å². The zero-order valence-corrected chi connectivity index (χ0v) is 44.7. The molecular weight excluding hydrogens is 917 g/mol. The fraction of sp³-hybridized carbons (Fsp3) is 0.162. The summed E-state index contributed by atoms with van der Waals surface area (Å²) in [6.07, 6.45) is 0. The number of benzene rings is 11. The Balaban J connectivity index is 0.998. The Hall–Kier alpha value is -8.46. The summed E-state index contributed by atoms with van der Waals surface area (Å²) in [5.74, 6) is 0. The third kappa shape index (κ3) is 5.99. The van der Waals surface area contributed by atoms with E-state index < -0.39 is 0 Å². The fourth-order valence-corrected chi connectivity index (χ4v) is 14.7. The smallest absolute Gasteiger partial charge is 0.0506 e. The molecular formula is C74H60N2. The van der Waals surface area contributed by atoms with Gasteiger partial charge in [-0.15, -0.1) is 0 Å². The van der Waals surface area contributed by atoms with Crippen LogP contribution in [0.4, 0.5) is 34.1 Å². The normalized spacial score (nSPS) is 16.3. The van der Waals surface area contributed by atoms with Crippen molar-refractivity contribution in [2.24, 2.45) is 0 Å². The molecule has 76 heavy (non-hydrogen) atoms. The predicted molar refractivity (Wildman–Crippen MR) is 321 cm³/mol. The van der Waals surface area contributed by atoms with E-state index in [-0.39, 0.29) is 21.7 Å². The minimum atomic E-state index is -0.230. The molecule has 2 nitrogen and oxygen atoms in total. The van der Waals surface area contributed by atoms with Crippen LogP contribution in [0.5, 0.6) is 0 Å². The van der Waals surface area contributed by atoms with E-state index in [1.54, 1.807) is 0 Å². The van der Waals surface area contributed by atoms with Crippen LogP contribution in [0.2, 0.25) is 0 Å². The van der Waals surface area contributed by atoms with Gasteiger partial charge in [0.2, 0.25) is 0 Å². The summed E-state index contributed by atoms with van der Waals surface area (Å²) in [5.41, 5.74) is 27.7. The number of hydrogen-bond acceptors (Lipinski definition) is 2. The standard InChI is InChI=1S/C74H60N2/c1-71(2)57-29-17-15-27-49(57)53-41-63-67(43-61(53)71)75(65-33-21-19-31-59(65)73(63,5)6)47-35-37-51-55(39-47)69(45-23-11-9-12-24-45)52-38-36-48(40-56(52)70(51)46-25-13-10-14-26-46)76-66-34-22-20-32-60(66)74(7,8)64-42-54-50-28-16-18-30-58(50)72(3,4)62(54)44-68(64)76/h9-44H,1-8H3. The molecule has 0 saturated heterocycles. The van der Waals surface area contributed by atoms with Gasteiger partial charge in [0.05, 0.1) is 22.7 Å². The molecule has 2 heterocycles. The number of fused-ring (bicyclic) bond motifs is 12. The van der Waals surface area contributed by atoms with E-state index in [9.17, 15) is 0 Å².